The molecule has 3 N–H and O–H groups in total. The number of nitrogens with one attached hydrogen (secondary N) is 1. The van der Waals surface area contributed by atoms with Gasteiger partial charge < -0.3 is 5.73 Å². The summed E-state index contributed by atoms with van der Waals surface area (Å²) < 4.78 is 0. The summed E-state index contributed by atoms with van der Waals surface area (Å²) in [6.07, 6.45) is 2.82. The molecule has 1 aromatic rings. The van der Waals surface area contributed by atoms with E-state index in [9.17, 15) is 0 Å². The monoisotopic (exact) mass is 209 g/mol. The van der Waals surface area contributed by atoms with Crippen molar-refractivity contribution in [1.82, 2.24) is 4.98 Å². The van der Waals surface area contributed by atoms with Crippen LogP contribution in [-0.2, 0) is 0 Å². The minimum absolute atomic E-state index is 0.0869. The largest absolute Gasteiger partial charge is 0.384 e. The molecule has 0 saturated heterocycles. The van der Waals surface area contributed by atoms with Crippen LogP contribution in [0.3, 0.4) is 0 Å². The van der Waals surface area contributed by atoms with Crippen molar-refractivity contribution < 1.29 is 0 Å². The summed E-state index contributed by atoms with van der Waals surface area (Å²) in [5.41, 5.74) is 6.20. The van der Waals surface area contributed by atoms with E-state index in [0.717, 1.165) is 17.0 Å². The molecule has 0 spiro atoms. The first-order valence-electron chi connectivity index (χ1n) is 4.61. The van der Waals surface area contributed by atoms with Gasteiger partial charge in [0.25, 0.3) is 0 Å². The van der Waals surface area contributed by atoms with E-state index in [1.54, 1.807) is 24.0 Å². The zero-order valence-corrected chi connectivity index (χ0v) is 9.27. The number of amidine groups is 1. The molecule has 0 fully saturated rings. The van der Waals surface area contributed by atoms with Crippen molar-refractivity contribution in [3.63, 3.8) is 0 Å². The van der Waals surface area contributed by atoms with Crippen LogP contribution in [-0.4, -0.2) is 16.1 Å². The maximum Gasteiger partial charge on any atom is 0.125 e. The predicted molar refractivity (Wildman–Crippen MR) is 60.9 cm³/mol. The van der Waals surface area contributed by atoms with Crippen LogP contribution in [0.25, 0.3) is 0 Å². The number of pyridine rings is 1. The predicted octanol–water partition coefficient (Wildman–Crippen LogP) is 2.26. The van der Waals surface area contributed by atoms with E-state index in [1.165, 1.54) is 0 Å². The summed E-state index contributed by atoms with van der Waals surface area (Å²) >= 11 is 1.67. The SMILES string of the molecule is CCC(C)Sc1ncccc1C(=N)N. The van der Waals surface area contributed by atoms with E-state index < -0.39 is 0 Å². The highest BCUT2D eigenvalue weighted by Crippen LogP contribution is 2.25. The fourth-order valence-electron chi connectivity index (χ4n) is 0.964. The number of rotatable bonds is 4. The number of aromatic nitrogens is 1. The maximum atomic E-state index is 7.40. The van der Waals surface area contributed by atoms with Crippen molar-refractivity contribution in [3.05, 3.63) is 23.9 Å². The Kier molecular flexibility index (Phi) is 3.95. The van der Waals surface area contributed by atoms with Crippen LogP contribution in [0.15, 0.2) is 23.4 Å². The van der Waals surface area contributed by atoms with E-state index in [0.29, 0.717) is 5.25 Å². The number of hydrogen-bond acceptors (Lipinski definition) is 3. The van der Waals surface area contributed by atoms with Crippen LogP contribution in [0.2, 0.25) is 0 Å². The highest BCUT2D eigenvalue weighted by molar-refractivity contribution is 7.99. The molecule has 1 aromatic heterocycles. The van der Waals surface area contributed by atoms with Crippen LogP contribution in [0.4, 0.5) is 0 Å². The third kappa shape index (κ3) is 2.73. The number of nitrogen functional groups attached to an aromatic ring is 1. The lowest BCUT2D eigenvalue weighted by Gasteiger charge is -2.10. The van der Waals surface area contributed by atoms with Crippen LogP contribution < -0.4 is 5.73 Å². The van der Waals surface area contributed by atoms with Gasteiger partial charge in [0.05, 0.1) is 0 Å². The Labute approximate surface area is 88.6 Å². The Morgan fingerprint density at radius 2 is 2.43 bits per heavy atom. The van der Waals surface area contributed by atoms with E-state index in [4.69, 9.17) is 11.1 Å². The van der Waals surface area contributed by atoms with Gasteiger partial charge in [-0.2, -0.15) is 0 Å². The number of nitrogens with two attached hydrogens (primary N) is 1. The molecule has 1 heterocycles. The Hall–Kier alpha value is -1.03. The van der Waals surface area contributed by atoms with Crippen molar-refractivity contribution in [2.45, 2.75) is 30.5 Å². The topological polar surface area (TPSA) is 62.8 Å². The minimum atomic E-state index is 0.0869. The molecule has 1 unspecified atom stereocenters. The second kappa shape index (κ2) is 5.00. The Balaban J connectivity index is 2.90. The quantitative estimate of drug-likeness (QED) is 0.454. The smallest absolute Gasteiger partial charge is 0.125 e. The third-order valence-corrected chi connectivity index (χ3v) is 3.23. The van der Waals surface area contributed by atoms with Crippen molar-refractivity contribution in [2.24, 2.45) is 5.73 Å². The third-order valence-electron chi connectivity index (χ3n) is 1.95. The molecule has 0 saturated carbocycles. The lowest BCUT2D eigenvalue weighted by Crippen LogP contribution is -2.13. The molecule has 1 atom stereocenters. The summed E-state index contributed by atoms with van der Waals surface area (Å²) in [6, 6.07) is 3.64. The standard InChI is InChI=1S/C10H15N3S/c1-3-7(2)14-10-8(9(11)12)5-4-6-13-10/h4-7H,3H2,1-2H3,(H3,11,12). The van der Waals surface area contributed by atoms with Gasteiger partial charge in [0.15, 0.2) is 0 Å². The first-order valence-corrected chi connectivity index (χ1v) is 5.49. The maximum absolute atomic E-state index is 7.40. The van der Waals surface area contributed by atoms with E-state index in [-0.39, 0.29) is 5.84 Å². The average molecular weight is 209 g/mol. The molecule has 3 nitrogen and oxygen atoms in total. The zero-order valence-electron chi connectivity index (χ0n) is 8.45. The first-order chi connectivity index (χ1) is 6.65. The van der Waals surface area contributed by atoms with Gasteiger partial charge in [-0.25, -0.2) is 4.98 Å². The van der Waals surface area contributed by atoms with Gasteiger partial charge in [0.1, 0.15) is 10.9 Å². The van der Waals surface area contributed by atoms with Gasteiger partial charge in [-0.05, 0) is 18.6 Å². The summed E-state index contributed by atoms with van der Waals surface area (Å²) in [5.74, 6) is 0.0869. The van der Waals surface area contributed by atoms with Gasteiger partial charge in [0, 0.05) is 17.0 Å². The normalized spacial score (nSPS) is 12.4. The summed E-state index contributed by atoms with van der Waals surface area (Å²) in [7, 11) is 0. The molecule has 14 heavy (non-hydrogen) atoms. The second-order valence-electron chi connectivity index (χ2n) is 3.11. The molecule has 0 aliphatic heterocycles. The second-order valence-corrected chi connectivity index (χ2v) is 4.53. The highest BCUT2D eigenvalue weighted by Gasteiger charge is 2.09. The summed E-state index contributed by atoms with van der Waals surface area (Å²) in [5, 5.41) is 8.76. The molecule has 76 valence electrons. The average Bonchev–Trinajstić information content (AvgIpc) is 2.18. The van der Waals surface area contributed by atoms with Crippen LogP contribution in [0, 0.1) is 5.41 Å². The molecular formula is C10H15N3S. The van der Waals surface area contributed by atoms with Gasteiger partial charge in [0.2, 0.25) is 0 Å². The van der Waals surface area contributed by atoms with E-state index in [1.807, 2.05) is 6.07 Å². The number of hydrogen-bond donors (Lipinski definition) is 2. The zero-order chi connectivity index (χ0) is 10.6. The van der Waals surface area contributed by atoms with Crippen LogP contribution in [0.5, 0.6) is 0 Å². The first kappa shape index (κ1) is 11.0. The van der Waals surface area contributed by atoms with Crippen molar-refractivity contribution in [2.75, 3.05) is 0 Å². The van der Waals surface area contributed by atoms with Gasteiger partial charge in [-0.3, -0.25) is 5.41 Å². The highest BCUT2D eigenvalue weighted by atomic mass is 32.2. The summed E-state index contributed by atoms with van der Waals surface area (Å²) in [4.78, 5) is 4.23. The molecule has 4 heteroatoms. The molecule has 0 aromatic carbocycles. The van der Waals surface area contributed by atoms with Gasteiger partial charge in [-0.15, -0.1) is 11.8 Å². The van der Waals surface area contributed by atoms with Crippen LogP contribution in [0.1, 0.15) is 25.8 Å². The molecule has 0 aliphatic carbocycles. The minimum Gasteiger partial charge on any atom is -0.384 e. The molecular weight excluding hydrogens is 194 g/mol. The molecule has 0 bridgehead atoms. The van der Waals surface area contributed by atoms with E-state index in [2.05, 4.69) is 18.8 Å². The molecule has 0 amide bonds. The Morgan fingerprint density at radius 1 is 1.71 bits per heavy atom. The molecule has 0 aliphatic rings. The molecule has 0 radical (unpaired) electrons. The molecule has 1 rings (SSSR count). The number of nitrogens with zero attached hydrogens (tertiary/aromatic N) is 1. The van der Waals surface area contributed by atoms with Crippen molar-refractivity contribution >= 4 is 17.6 Å². The Morgan fingerprint density at radius 3 is 3.00 bits per heavy atom. The summed E-state index contributed by atoms with van der Waals surface area (Å²) in [6.45, 7) is 4.28. The fourth-order valence-corrected chi connectivity index (χ4v) is 1.94. The Bertz CT molecular complexity index is 325. The number of thioether (sulfide) groups is 1. The van der Waals surface area contributed by atoms with Gasteiger partial charge >= 0.3 is 0 Å². The lowest BCUT2D eigenvalue weighted by atomic mass is 10.3. The van der Waals surface area contributed by atoms with Crippen LogP contribution >= 0.6 is 11.8 Å². The van der Waals surface area contributed by atoms with Crippen molar-refractivity contribution in [1.29, 1.82) is 5.41 Å². The van der Waals surface area contributed by atoms with Crippen molar-refractivity contribution in [3.8, 4) is 0 Å². The van der Waals surface area contributed by atoms with Gasteiger partial charge in [-0.1, -0.05) is 13.8 Å². The van der Waals surface area contributed by atoms with E-state index >= 15 is 0 Å². The fraction of sp³-hybridized carbons (Fsp3) is 0.400. The lowest BCUT2D eigenvalue weighted by molar-refractivity contribution is 0.900.